The van der Waals surface area contributed by atoms with Gasteiger partial charge < -0.3 is 10.2 Å². The molecule has 62 valence electrons. The van der Waals surface area contributed by atoms with Gasteiger partial charge in [0.15, 0.2) is 0 Å². The van der Waals surface area contributed by atoms with Crippen LogP contribution >= 0.6 is 0 Å². The van der Waals surface area contributed by atoms with Gasteiger partial charge in [0.05, 0.1) is 0 Å². The lowest BCUT2D eigenvalue weighted by Gasteiger charge is -2.26. The van der Waals surface area contributed by atoms with E-state index >= 15 is 0 Å². The molecule has 0 aromatic rings. The largest absolute Gasteiger partial charge is 0.334 e. The molecule has 1 N–H and O–H groups in total. The fourth-order valence-electron chi connectivity index (χ4n) is 1.09. The molecule has 11 heavy (non-hydrogen) atoms. The molecule has 1 rings (SSSR count). The van der Waals surface area contributed by atoms with Crippen LogP contribution in [0.1, 0.15) is 6.92 Å². The minimum atomic E-state index is -0.369. The van der Waals surface area contributed by atoms with Crippen molar-refractivity contribution in [2.75, 3.05) is 26.2 Å². The summed E-state index contributed by atoms with van der Waals surface area (Å²) in [6, 6.07) is 0. The van der Waals surface area contributed by atoms with Crippen LogP contribution in [-0.4, -0.2) is 42.8 Å². The van der Waals surface area contributed by atoms with E-state index in [0.717, 1.165) is 13.1 Å². The number of carbonyl (C=O) groups excluding carboxylic acids is 2. The van der Waals surface area contributed by atoms with Gasteiger partial charge in [-0.25, -0.2) is 0 Å². The molecule has 1 aliphatic heterocycles. The Morgan fingerprint density at radius 2 is 1.82 bits per heavy atom. The highest BCUT2D eigenvalue weighted by Crippen LogP contribution is 1.93. The topological polar surface area (TPSA) is 49.4 Å². The third kappa shape index (κ3) is 2.01. The van der Waals surface area contributed by atoms with Crippen LogP contribution in [0.5, 0.6) is 0 Å². The standard InChI is InChI=1S/C7H12N2O2/c1-6(10)7(11)9-4-2-8-3-5-9/h8H,2-5H2,1H3. The quantitative estimate of drug-likeness (QED) is 0.496. The highest BCUT2D eigenvalue weighted by Gasteiger charge is 2.18. The lowest BCUT2D eigenvalue weighted by Crippen LogP contribution is -2.48. The molecule has 0 aliphatic carbocycles. The Morgan fingerprint density at radius 3 is 2.27 bits per heavy atom. The van der Waals surface area contributed by atoms with Crippen molar-refractivity contribution < 1.29 is 9.59 Å². The summed E-state index contributed by atoms with van der Waals surface area (Å²) >= 11 is 0. The number of nitrogens with one attached hydrogen (secondary N) is 1. The first-order chi connectivity index (χ1) is 5.22. The van der Waals surface area contributed by atoms with Crippen LogP contribution in [0.3, 0.4) is 0 Å². The predicted molar refractivity (Wildman–Crippen MR) is 40.1 cm³/mol. The van der Waals surface area contributed by atoms with Crippen molar-refractivity contribution >= 4 is 11.7 Å². The van der Waals surface area contributed by atoms with Gasteiger partial charge in [-0.05, 0) is 0 Å². The maximum Gasteiger partial charge on any atom is 0.289 e. The third-order valence-electron chi connectivity index (χ3n) is 1.71. The lowest BCUT2D eigenvalue weighted by molar-refractivity contribution is -0.143. The van der Waals surface area contributed by atoms with Gasteiger partial charge in [0.1, 0.15) is 0 Å². The van der Waals surface area contributed by atoms with Crippen LogP contribution in [0.2, 0.25) is 0 Å². The van der Waals surface area contributed by atoms with Crippen LogP contribution in [0.15, 0.2) is 0 Å². The molecule has 0 atom stereocenters. The van der Waals surface area contributed by atoms with Crippen molar-refractivity contribution in [3.8, 4) is 0 Å². The smallest absolute Gasteiger partial charge is 0.289 e. The molecular weight excluding hydrogens is 144 g/mol. The molecule has 0 spiro atoms. The molecule has 0 bridgehead atoms. The molecule has 1 amide bonds. The van der Waals surface area contributed by atoms with Crippen LogP contribution in [0.4, 0.5) is 0 Å². The van der Waals surface area contributed by atoms with Gasteiger partial charge in [0.2, 0.25) is 5.78 Å². The number of hydrogen-bond donors (Lipinski definition) is 1. The Morgan fingerprint density at radius 1 is 1.27 bits per heavy atom. The third-order valence-corrected chi connectivity index (χ3v) is 1.71. The Bertz CT molecular complexity index is 173. The molecule has 4 heteroatoms. The number of amides is 1. The Balaban J connectivity index is 2.45. The maximum absolute atomic E-state index is 11.0. The summed E-state index contributed by atoms with van der Waals surface area (Å²) in [5.74, 6) is -0.724. The van der Waals surface area contributed by atoms with Gasteiger partial charge in [0, 0.05) is 33.1 Å². The summed E-state index contributed by atoms with van der Waals surface area (Å²) in [4.78, 5) is 23.3. The first kappa shape index (κ1) is 8.20. The number of nitrogens with zero attached hydrogens (tertiary/aromatic N) is 1. The number of carbonyl (C=O) groups is 2. The van der Waals surface area contributed by atoms with E-state index in [9.17, 15) is 9.59 Å². The predicted octanol–water partition coefficient (Wildman–Crippen LogP) is -0.993. The van der Waals surface area contributed by atoms with E-state index in [-0.39, 0.29) is 11.7 Å². The Kier molecular flexibility index (Phi) is 2.59. The van der Waals surface area contributed by atoms with Gasteiger partial charge >= 0.3 is 0 Å². The van der Waals surface area contributed by atoms with E-state index < -0.39 is 0 Å². The molecule has 0 aromatic heterocycles. The zero-order valence-corrected chi connectivity index (χ0v) is 6.59. The van der Waals surface area contributed by atoms with Crippen LogP contribution in [-0.2, 0) is 9.59 Å². The van der Waals surface area contributed by atoms with Crippen molar-refractivity contribution in [1.82, 2.24) is 10.2 Å². The highest BCUT2D eigenvalue weighted by molar-refractivity contribution is 6.35. The summed E-state index contributed by atoms with van der Waals surface area (Å²) in [5, 5.41) is 3.10. The van der Waals surface area contributed by atoms with Gasteiger partial charge in [-0.2, -0.15) is 0 Å². The molecule has 0 radical (unpaired) electrons. The zero-order chi connectivity index (χ0) is 8.27. The van der Waals surface area contributed by atoms with E-state index in [2.05, 4.69) is 5.32 Å². The monoisotopic (exact) mass is 156 g/mol. The maximum atomic E-state index is 11.0. The second-order valence-electron chi connectivity index (χ2n) is 2.60. The van der Waals surface area contributed by atoms with Gasteiger partial charge in [-0.15, -0.1) is 0 Å². The molecule has 1 aliphatic rings. The zero-order valence-electron chi connectivity index (χ0n) is 6.59. The first-order valence-corrected chi connectivity index (χ1v) is 3.72. The minimum Gasteiger partial charge on any atom is -0.334 e. The molecule has 0 saturated carbocycles. The van der Waals surface area contributed by atoms with Crippen LogP contribution in [0, 0.1) is 0 Å². The van der Waals surface area contributed by atoms with Crippen molar-refractivity contribution in [2.24, 2.45) is 0 Å². The molecular formula is C7H12N2O2. The number of ketones is 1. The molecule has 0 aromatic carbocycles. The van der Waals surface area contributed by atoms with E-state index in [4.69, 9.17) is 0 Å². The Hall–Kier alpha value is -0.900. The van der Waals surface area contributed by atoms with Crippen molar-refractivity contribution in [3.63, 3.8) is 0 Å². The van der Waals surface area contributed by atoms with Crippen molar-refractivity contribution in [3.05, 3.63) is 0 Å². The van der Waals surface area contributed by atoms with E-state index in [0.29, 0.717) is 13.1 Å². The summed E-state index contributed by atoms with van der Waals surface area (Å²) in [5.41, 5.74) is 0. The second-order valence-corrected chi connectivity index (χ2v) is 2.60. The average Bonchev–Trinajstić information content (AvgIpc) is 2.05. The lowest BCUT2D eigenvalue weighted by atomic mass is 10.3. The highest BCUT2D eigenvalue weighted by atomic mass is 16.2. The first-order valence-electron chi connectivity index (χ1n) is 3.72. The molecule has 1 saturated heterocycles. The van der Waals surface area contributed by atoms with Crippen LogP contribution in [0.25, 0.3) is 0 Å². The normalized spacial score (nSPS) is 18.1. The number of hydrogen-bond acceptors (Lipinski definition) is 3. The number of Topliss-reactive ketones (excluding diaryl/α,β-unsaturated/α-hetero) is 1. The van der Waals surface area contributed by atoms with Crippen molar-refractivity contribution in [2.45, 2.75) is 6.92 Å². The summed E-state index contributed by atoms with van der Waals surface area (Å²) in [7, 11) is 0. The van der Waals surface area contributed by atoms with E-state index in [1.165, 1.54) is 6.92 Å². The van der Waals surface area contributed by atoms with Gasteiger partial charge in [0.25, 0.3) is 5.91 Å². The SMILES string of the molecule is CC(=O)C(=O)N1CCNCC1. The number of piperazine rings is 1. The fourth-order valence-corrected chi connectivity index (χ4v) is 1.09. The summed E-state index contributed by atoms with van der Waals surface area (Å²) in [6.45, 7) is 4.19. The summed E-state index contributed by atoms with van der Waals surface area (Å²) < 4.78 is 0. The minimum absolute atomic E-state index is 0.355. The van der Waals surface area contributed by atoms with E-state index in [1.54, 1.807) is 4.90 Å². The average molecular weight is 156 g/mol. The Labute approximate surface area is 65.6 Å². The fraction of sp³-hybridized carbons (Fsp3) is 0.714. The summed E-state index contributed by atoms with van der Waals surface area (Å²) in [6.07, 6.45) is 0. The van der Waals surface area contributed by atoms with Crippen LogP contribution < -0.4 is 5.32 Å². The van der Waals surface area contributed by atoms with Gasteiger partial charge in [-0.3, -0.25) is 9.59 Å². The number of rotatable bonds is 1. The molecule has 1 heterocycles. The second kappa shape index (κ2) is 3.48. The molecule has 4 nitrogen and oxygen atoms in total. The van der Waals surface area contributed by atoms with E-state index in [1.807, 2.05) is 0 Å². The van der Waals surface area contributed by atoms with Gasteiger partial charge in [-0.1, -0.05) is 0 Å². The molecule has 0 unspecified atom stereocenters. The molecule has 1 fully saturated rings. The van der Waals surface area contributed by atoms with Crippen molar-refractivity contribution in [1.29, 1.82) is 0 Å².